The standard InChI is InChI=1S/C21H25ClN4O2S/c1-4-24-10-9-16-17(13-24)29-20-18(16)19(27)26(15-7-5-14(22)6-8-15)21(28)25(20)12-11-23(2)3/h5-8H,4,9-13H2,1-3H3/p+2. The molecule has 8 heteroatoms. The molecular formula is C21H27ClN4O2S+2. The van der Waals surface area contributed by atoms with Crippen molar-refractivity contribution in [1.82, 2.24) is 9.13 Å². The fraction of sp³-hybridized carbons (Fsp3) is 0.429. The van der Waals surface area contributed by atoms with Crippen LogP contribution in [0.5, 0.6) is 0 Å². The molecule has 4 rings (SSSR count). The Morgan fingerprint density at radius 2 is 1.93 bits per heavy atom. The van der Waals surface area contributed by atoms with E-state index < -0.39 is 0 Å². The van der Waals surface area contributed by atoms with Gasteiger partial charge in [-0.3, -0.25) is 9.36 Å². The lowest BCUT2D eigenvalue weighted by Crippen LogP contribution is -3.11. The Hall–Kier alpha value is -1.93. The molecule has 1 atom stereocenters. The summed E-state index contributed by atoms with van der Waals surface area (Å²) in [6.45, 7) is 6.60. The van der Waals surface area contributed by atoms with Gasteiger partial charge < -0.3 is 9.80 Å². The third-order valence-electron chi connectivity index (χ3n) is 5.72. The van der Waals surface area contributed by atoms with Crippen molar-refractivity contribution in [2.45, 2.75) is 26.4 Å². The number of hydrogen-bond donors (Lipinski definition) is 2. The largest absolute Gasteiger partial charge is 0.338 e. The van der Waals surface area contributed by atoms with Crippen LogP contribution in [0.3, 0.4) is 0 Å². The van der Waals surface area contributed by atoms with E-state index in [0.717, 1.165) is 48.4 Å². The molecular weight excluding hydrogens is 408 g/mol. The first kappa shape index (κ1) is 20.3. The summed E-state index contributed by atoms with van der Waals surface area (Å²) in [5.41, 5.74) is 1.22. The number of thiophene rings is 1. The van der Waals surface area contributed by atoms with Crippen LogP contribution in [0.25, 0.3) is 15.9 Å². The van der Waals surface area contributed by atoms with Crippen LogP contribution in [0.2, 0.25) is 5.02 Å². The molecule has 0 amide bonds. The van der Waals surface area contributed by atoms with E-state index in [1.807, 2.05) is 0 Å². The fourth-order valence-corrected chi connectivity index (χ4v) is 5.55. The van der Waals surface area contributed by atoms with E-state index in [1.165, 1.54) is 19.2 Å². The van der Waals surface area contributed by atoms with Gasteiger partial charge in [-0.2, -0.15) is 0 Å². The predicted molar refractivity (Wildman–Crippen MR) is 118 cm³/mol. The van der Waals surface area contributed by atoms with Crippen molar-refractivity contribution in [2.24, 2.45) is 0 Å². The minimum Gasteiger partial charge on any atom is -0.338 e. The van der Waals surface area contributed by atoms with E-state index in [2.05, 4.69) is 21.0 Å². The molecule has 0 spiro atoms. The minimum atomic E-state index is -0.274. The molecule has 0 radical (unpaired) electrons. The SMILES string of the molecule is CC[NH+]1CCc2c(sc3c2c(=O)n(-c2ccc(Cl)cc2)c(=O)n3CC[NH+](C)C)C1. The number of halogens is 1. The van der Waals surface area contributed by atoms with Gasteiger partial charge in [-0.25, -0.2) is 9.36 Å². The number of quaternary nitrogens is 2. The van der Waals surface area contributed by atoms with Gasteiger partial charge in [0.15, 0.2) is 0 Å². The van der Waals surface area contributed by atoms with Gasteiger partial charge in [-0.1, -0.05) is 11.6 Å². The molecule has 1 aliphatic rings. The van der Waals surface area contributed by atoms with E-state index >= 15 is 0 Å². The second kappa shape index (κ2) is 8.07. The molecule has 0 saturated carbocycles. The van der Waals surface area contributed by atoms with Crippen LogP contribution in [0.1, 0.15) is 17.4 Å². The summed E-state index contributed by atoms with van der Waals surface area (Å²) in [7, 11) is 4.14. The summed E-state index contributed by atoms with van der Waals surface area (Å²) >= 11 is 7.65. The van der Waals surface area contributed by atoms with Gasteiger partial charge in [0.2, 0.25) is 0 Å². The summed E-state index contributed by atoms with van der Waals surface area (Å²) < 4.78 is 3.11. The Morgan fingerprint density at radius 1 is 1.21 bits per heavy atom. The highest BCUT2D eigenvalue weighted by atomic mass is 35.5. The van der Waals surface area contributed by atoms with Gasteiger partial charge in [-0.05, 0) is 36.8 Å². The minimum absolute atomic E-state index is 0.210. The van der Waals surface area contributed by atoms with Crippen LogP contribution in [0, 0.1) is 0 Å². The molecule has 0 fully saturated rings. The number of hydrogen-bond acceptors (Lipinski definition) is 3. The molecule has 3 aromatic rings. The Labute approximate surface area is 178 Å². The summed E-state index contributed by atoms with van der Waals surface area (Å²) in [6.07, 6.45) is 0.880. The summed E-state index contributed by atoms with van der Waals surface area (Å²) in [4.78, 5) is 31.8. The molecule has 1 aliphatic heterocycles. The van der Waals surface area contributed by atoms with E-state index in [4.69, 9.17) is 11.6 Å². The van der Waals surface area contributed by atoms with Crippen LogP contribution in [-0.2, 0) is 19.5 Å². The van der Waals surface area contributed by atoms with Crippen molar-refractivity contribution in [1.29, 1.82) is 0 Å². The molecule has 2 aromatic heterocycles. The first-order valence-corrected chi connectivity index (χ1v) is 11.3. The van der Waals surface area contributed by atoms with Crippen LogP contribution in [0.15, 0.2) is 33.9 Å². The molecule has 1 unspecified atom stereocenters. The molecule has 6 nitrogen and oxygen atoms in total. The molecule has 0 bridgehead atoms. The van der Waals surface area contributed by atoms with Crippen molar-refractivity contribution < 1.29 is 9.80 Å². The van der Waals surface area contributed by atoms with Gasteiger partial charge in [0.25, 0.3) is 5.56 Å². The molecule has 154 valence electrons. The molecule has 2 N–H and O–H groups in total. The van der Waals surface area contributed by atoms with Crippen molar-refractivity contribution in [3.05, 3.63) is 60.6 Å². The zero-order valence-corrected chi connectivity index (χ0v) is 18.6. The van der Waals surface area contributed by atoms with Crippen LogP contribution in [0.4, 0.5) is 0 Å². The average Bonchev–Trinajstić information content (AvgIpc) is 3.07. The third kappa shape index (κ3) is 3.68. The quantitative estimate of drug-likeness (QED) is 0.592. The van der Waals surface area contributed by atoms with Crippen molar-refractivity contribution in [2.75, 3.05) is 33.7 Å². The maximum atomic E-state index is 13.5. The van der Waals surface area contributed by atoms with Crippen molar-refractivity contribution >= 4 is 33.2 Å². The molecule has 3 heterocycles. The first-order valence-electron chi connectivity index (χ1n) is 10.1. The lowest BCUT2D eigenvalue weighted by molar-refractivity contribution is -0.913. The first-order chi connectivity index (χ1) is 13.9. The van der Waals surface area contributed by atoms with Crippen LogP contribution in [-0.4, -0.2) is 42.9 Å². The number of nitrogens with one attached hydrogen (secondary N) is 2. The number of nitrogens with zero attached hydrogens (tertiary/aromatic N) is 2. The molecule has 1 aromatic carbocycles. The van der Waals surface area contributed by atoms with Crippen molar-refractivity contribution in [3.8, 4) is 5.69 Å². The average molecular weight is 435 g/mol. The second-order valence-electron chi connectivity index (χ2n) is 7.97. The second-order valence-corrected chi connectivity index (χ2v) is 9.49. The highest BCUT2D eigenvalue weighted by molar-refractivity contribution is 7.18. The normalized spacial score (nSPS) is 16.5. The number of aromatic nitrogens is 2. The van der Waals surface area contributed by atoms with E-state index in [9.17, 15) is 9.59 Å². The lowest BCUT2D eigenvalue weighted by Gasteiger charge is -2.22. The van der Waals surface area contributed by atoms with E-state index in [-0.39, 0.29) is 11.2 Å². The topological polar surface area (TPSA) is 52.9 Å². The number of likely N-dealkylation sites (N-methyl/N-ethyl adjacent to an activating group) is 2. The van der Waals surface area contributed by atoms with Gasteiger partial charge in [0.1, 0.15) is 11.4 Å². The van der Waals surface area contributed by atoms with Gasteiger partial charge in [0.05, 0.1) is 56.2 Å². The monoisotopic (exact) mass is 434 g/mol. The zero-order valence-electron chi connectivity index (χ0n) is 17.0. The number of rotatable bonds is 5. The van der Waals surface area contributed by atoms with E-state index in [0.29, 0.717) is 17.3 Å². The molecule has 0 aliphatic carbocycles. The Kier molecular flexibility index (Phi) is 5.66. The van der Waals surface area contributed by atoms with E-state index in [1.54, 1.807) is 40.2 Å². The van der Waals surface area contributed by atoms with Gasteiger partial charge >= 0.3 is 5.69 Å². The highest BCUT2D eigenvalue weighted by Crippen LogP contribution is 2.30. The Balaban J connectivity index is 2.00. The lowest BCUT2D eigenvalue weighted by atomic mass is 10.1. The summed E-state index contributed by atoms with van der Waals surface area (Å²) in [6, 6.07) is 6.90. The number of benzene rings is 1. The highest BCUT2D eigenvalue weighted by Gasteiger charge is 2.28. The smallest absolute Gasteiger partial charge is 0.336 e. The zero-order chi connectivity index (χ0) is 20.7. The Morgan fingerprint density at radius 3 is 2.59 bits per heavy atom. The van der Waals surface area contributed by atoms with Gasteiger partial charge in [0, 0.05) is 11.4 Å². The number of fused-ring (bicyclic) bond motifs is 3. The maximum Gasteiger partial charge on any atom is 0.336 e. The van der Waals surface area contributed by atoms with Crippen molar-refractivity contribution in [3.63, 3.8) is 0 Å². The summed E-state index contributed by atoms with van der Waals surface area (Å²) in [5, 5.41) is 1.30. The van der Waals surface area contributed by atoms with Gasteiger partial charge in [-0.15, -0.1) is 11.3 Å². The molecule has 29 heavy (non-hydrogen) atoms. The predicted octanol–water partition coefficient (Wildman–Crippen LogP) is -0.0273. The maximum absolute atomic E-state index is 13.5. The summed E-state index contributed by atoms with van der Waals surface area (Å²) in [5.74, 6) is 0. The molecule has 0 saturated heterocycles. The third-order valence-corrected chi connectivity index (χ3v) is 7.22. The van der Waals surface area contributed by atoms with Crippen LogP contribution >= 0.6 is 22.9 Å². The van der Waals surface area contributed by atoms with Crippen LogP contribution < -0.4 is 21.0 Å². The fourth-order valence-electron chi connectivity index (χ4n) is 3.99. The Bertz CT molecular complexity index is 1160.